The number of fused-ring (bicyclic) bond motifs is 2. The average molecular weight is 215 g/mol. The summed E-state index contributed by atoms with van der Waals surface area (Å²) in [5.74, 6) is 2.16. The van der Waals surface area contributed by atoms with Gasteiger partial charge in [0.25, 0.3) is 0 Å². The normalized spacial score (nSPS) is 16.6. The van der Waals surface area contributed by atoms with Gasteiger partial charge in [-0.25, -0.2) is 0 Å². The Hall–Kier alpha value is -2.15. The Morgan fingerprint density at radius 3 is 2.50 bits per heavy atom. The quantitative estimate of drug-likeness (QED) is 0.661. The predicted octanol–water partition coefficient (Wildman–Crippen LogP) is 1.76. The van der Waals surface area contributed by atoms with Gasteiger partial charge in [-0.15, -0.1) is 0 Å². The van der Waals surface area contributed by atoms with Crippen LogP contribution in [0.5, 0.6) is 17.2 Å². The lowest BCUT2D eigenvalue weighted by Gasteiger charge is -2.22. The van der Waals surface area contributed by atoms with E-state index in [4.69, 9.17) is 19.5 Å². The van der Waals surface area contributed by atoms with Gasteiger partial charge in [0.15, 0.2) is 11.5 Å². The van der Waals surface area contributed by atoms with E-state index in [0.717, 1.165) is 11.3 Å². The zero-order valence-electron chi connectivity index (χ0n) is 8.53. The first-order valence-electron chi connectivity index (χ1n) is 5.04. The van der Waals surface area contributed by atoms with Crippen LogP contribution in [0.25, 0.3) is 6.08 Å². The second-order valence-electron chi connectivity index (χ2n) is 3.60. The minimum absolute atomic E-state index is 0.323. The van der Waals surface area contributed by atoms with Gasteiger partial charge in [0, 0.05) is 11.6 Å². The maximum atomic E-state index is 8.80. The van der Waals surface area contributed by atoms with E-state index in [9.17, 15) is 0 Å². The standard InChI is InChI=1S/C12H9NO3/c13-6-8-3-9-4-11-12(15-2-1-14-11)5-10(9)16-7-8/h3-5H,1-2,7H2. The largest absolute Gasteiger partial charge is 0.487 e. The number of hydrogen-bond acceptors (Lipinski definition) is 4. The summed E-state index contributed by atoms with van der Waals surface area (Å²) in [6, 6.07) is 5.75. The fourth-order valence-corrected chi connectivity index (χ4v) is 1.77. The summed E-state index contributed by atoms with van der Waals surface area (Å²) in [4.78, 5) is 0. The molecule has 0 bridgehead atoms. The molecule has 16 heavy (non-hydrogen) atoms. The molecule has 3 rings (SSSR count). The summed E-state index contributed by atoms with van der Waals surface area (Å²) < 4.78 is 16.4. The molecule has 0 N–H and O–H groups in total. The van der Waals surface area contributed by atoms with Gasteiger partial charge in [-0.05, 0) is 12.1 Å². The van der Waals surface area contributed by atoms with Gasteiger partial charge in [-0.1, -0.05) is 0 Å². The van der Waals surface area contributed by atoms with E-state index in [1.54, 1.807) is 0 Å². The third-order valence-electron chi connectivity index (χ3n) is 2.53. The minimum atomic E-state index is 0.323. The molecule has 80 valence electrons. The monoisotopic (exact) mass is 215 g/mol. The Bertz CT molecular complexity index is 514. The summed E-state index contributed by atoms with van der Waals surface area (Å²) in [7, 11) is 0. The SMILES string of the molecule is N#CC1=Cc2cc3c(cc2OC1)OCCO3. The lowest BCUT2D eigenvalue weighted by atomic mass is 10.1. The van der Waals surface area contributed by atoms with Crippen molar-refractivity contribution < 1.29 is 14.2 Å². The lowest BCUT2D eigenvalue weighted by molar-refractivity contribution is 0.170. The van der Waals surface area contributed by atoms with E-state index in [1.165, 1.54) is 0 Å². The summed E-state index contributed by atoms with van der Waals surface area (Å²) in [6.07, 6.45) is 1.82. The Labute approximate surface area is 92.7 Å². The molecule has 0 aliphatic carbocycles. The van der Waals surface area contributed by atoms with Gasteiger partial charge >= 0.3 is 0 Å². The van der Waals surface area contributed by atoms with Gasteiger partial charge in [-0.2, -0.15) is 5.26 Å². The van der Waals surface area contributed by atoms with Gasteiger partial charge in [-0.3, -0.25) is 0 Å². The first-order valence-corrected chi connectivity index (χ1v) is 5.04. The first kappa shape index (κ1) is 9.10. The molecule has 4 nitrogen and oxygen atoms in total. The fraction of sp³-hybridized carbons (Fsp3) is 0.250. The van der Waals surface area contributed by atoms with Crippen LogP contribution in [-0.4, -0.2) is 19.8 Å². The highest BCUT2D eigenvalue weighted by Crippen LogP contribution is 2.39. The molecule has 1 aromatic carbocycles. The van der Waals surface area contributed by atoms with Crippen LogP contribution in [-0.2, 0) is 0 Å². The molecule has 0 atom stereocenters. The van der Waals surface area contributed by atoms with E-state index in [1.807, 2.05) is 18.2 Å². The van der Waals surface area contributed by atoms with Gasteiger partial charge in [0.2, 0.25) is 0 Å². The molecule has 0 saturated carbocycles. The number of benzene rings is 1. The molecule has 2 aliphatic rings. The second kappa shape index (κ2) is 3.46. The number of hydrogen-bond donors (Lipinski definition) is 0. The molecule has 0 unspecified atom stereocenters. The van der Waals surface area contributed by atoms with Crippen LogP contribution in [0.3, 0.4) is 0 Å². The third kappa shape index (κ3) is 1.38. The Balaban J connectivity index is 2.09. The number of nitrogens with zero attached hydrogens (tertiary/aromatic N) is 1. The molecule has 4 heteroatoms. The van der Waals surface area contributed by atoms with Crippen molar-refractivity contribution >= 4 is 6.08 Å². The number of ether oxygens (including phenoxy) is 3. The Kier molecular flexibility index (Phi) is 1.97. The van der Waals surface area contributed by atoms with Crippen molar-refractivity contribution in [3.8, 4) is 23.3 Å². The second-order valence-corrected chi connectivity index (χ2v) is 3.60. The van der Waals surface area contributed by atoms with Crippen LogP contribution in [0.4, 0.5) is 0 Å². The van der Waals surface area contributed by atoms with Crippen molar-refractivity contribution in [1.29, 1.82) is 5.26 Å². The van der Waals surface area contributed by atoms with Gasteiger partial charge < -0.3 is 14.2 Å². The number of rotatable bonds is 0. The fourth-order valence-electron chi connectivity index (χ4n) is 1.77. The highest BCUT2D eigenvalue weighted by Gasteiger charge is 2.18. The van der Waals surface area contributed by atoms with Crippen molar-refractivity contribution in [3.05, 3.63) is 23.3 Å². The lowest BCUT2D eigenvalue weighted by Crippen LogP contribution is -2.16. The maximum absolute atomic E-state index is 8.80. The van der Waals surface area contributed by atoms with Crippen LogP contribution in [0.15, 0.2) is 17.7 Å². The zero-order valence-corrected chi connectivity index (χ0v) is 8.53. The summed E-state index contributed by atoms with van der Waals surface area (Å²) in [5, 5.41) is 8.80. The molecule has 0 radical (unpaired) electrons. The van der Waals surface area contributed by atoms with Crippen molar-refractivity contribution in [1.82, 2.24) is 0 Å². The first-order chi connectivity index (χ1) is 7.86. The van der Waals surface area contributed by atoms with E-state index in [0.29, 0.717) is 36.9 Å². The Morgan fingerprint density at radius 2 is 1.75 bits per heavy atom. The highest BCUT2D eigenvalue weighted by molar-refractivity contribution is 5.69. The van der Waals surface area contributed by atoms with E-state index in [2.05, 4.69) is 6.07 Å². The summed E-state index contributed by atoms with van der Waals surface area (Å²) in [5.41, 5.74) is 1.48. The molecule has 0 saturated heterocycles. The molecule has 0 fully saturated rings. The maximum Gasteiger partial charge on any atom is 0.165 e. The smallest absolute Gasteiger partial charge is 0.165 e. The molecular formula is C12H9NO3. The minimum Gasteiger partial charge on any atom is -0.487 e. The molecule has 0 aromatic heterocycles. The van der Waals surface area contributed by atoms with Crippen LogP contribution < -0.4 is 14.2 Å². The van der Waals surface area contributed by atoms with Crippen molar-refractivity contribution in [2.45, 2.75) is 0 Å². The van der Waals surface area contributed by atoms with Crippen LogP contribution in [0, 0.1) is 11.3 Å². The highest BCUT2D eigenvalue weighted by atomic mass is 16.6. The average Bonchev–Trinajstić information content (AvgIpc) is 2.35. The van der Waals surface area contributed by atoms with E-state index in [-0.39, 0.29) is 0 Å². The van der Waals surface area contributed by atoms with Gasteiger partial charge in [0.05, 0.1) is 11.6 Å². The summed E-state index contributed by atoms with van der Waals surface area (Å²) in [6.45, 7) is 1.44. The molecule has 0 amide bonds. The van der Waals surface area contributed by atoms with Gasteiger partial charge in [0.1, 0.15) is 25.6 Å². The van der Waals surface area contributed by atoms with Crippen LogP contribution in [0.2, 0.25) is 0 Å². The molecule has 2 aliphatic heterocycles. The van der Waals surface area contributed by atoms with E-state index < -0.39 is 0 Å². The zero-order chi connectivity index (χ0) is 11.0. The third-order valence-corrected chi connectivity index (χ3v) is 2.53. The number of nitriles is 1. The Morgan fingerprint density at radius 1 is 1.00 bits per heavy atom. The predicted molar refractivity (Wildman–Crippen MR) is 56.5 cm³/mol. The van der Waals surface area contributed by atoms with Crippen molar-refractivity contribution in [3.63, 3.8) is 0 Å². The van der Waals surface area contributed by atoms with E-state index >= 15 is 0 Å². The molecule has 0 spiro atoms. The van der Waals surface area contributed by atoms with Crippen LogP contribution in [0.1, 0.15) is 5.56 Å². The molecule has 2 heterocycles. The molecule has 1 aromatic rings. The van der Waals surface area contributed by atoms with Crippen molar-refractivity contribution in [2.24, 2.45) is 0 Å². The van der Waals surface area contributed by atoms with Crippen LogP contribution >= 0.6 is 0 Å². The molecular weight excluding hydrogens is 206 g/mol. The topological polar surface area (TPSA) is 51.5 Å². The summed E-state index contributed by atoms with van der Waals surface area (Å²) >= 11 is 0. The van der Waals surface area contributed by atoms with Crippen molar-refractivity contribution in [2.75, 3.05) is 19.8 Å².